The van der Waals surface area contributed by atoms with Crippen LogP contribution in [-0.4, -0.2) is 29.7 Å². The van der Waals surface area contributed by atoms with Crippen LogP contribution in [0.1, 0.15) is 41.6 Å². The molecule has 0 atom stereocenters. The predicted octanol–water partition coefficient (Wildman–Crippen LogP) is 2.40. The largest absolute Gasteiger partial charge is 0.478 e. The lowest BCUT2D eigenvalue weighted by molar-refractivity contribution is 0.0697. The molecule has 1 aromatic rings. The molecule has 2 aliphatic rings. The lowest BCUT2D eigenvalue weighted by Crippen LogP contribution is -2.43. The van der Waals surface area contributed by atoms with E-state index in [0.29, 0.717) is 6.54 Å². The number of hydrogen-bond acceptors (Lipinski definition) is 2. The molecule has 1 heterocycles. The average molecular weight is 274 g/mol. The summed E-state index contributed by atoms with van der Waals surface area (Å²) in [5.41, 5.74) is 2.00. The first-order chi connectivity index (χ1) is 9.65. The number of benzene rings is 1. The number of carboxylic acid groups (broad SMARTS) is 1. The number of rotatable bonds is 2. The van der Waals surface area contributed by atoms with Gasteiger partial charge in [-0.05, 0) is 37.0 Å². The molecule has 1 aliphatic carbocycles. The summed E-state index contributed by atoms with van der Waals surface area (Å²) in [4.78, 5) is 25.0. The fraction of sp³-hybridized carbons (Fsp3) is 0.467. The Labute approximate surface area is 117 Å². The number of amides is 2. The second kappa shape index (κ2) is 5.15. The highest BCUT2D eigenvalue weighted by Gasteiger charge is 2.27. The molecular formula is C15H18N2O3. The maximum Gasteiger partial charge on any atom is 0.335 e. The standard InChI is InChI=1S/C15H18N2O3/c18-14(19)11-6-5-10-7-8-17(13(10)9-11)15(20)16-12-3-1-2-4-12/h5-6,9,12H,1-4,7-8H2,(H,16,20)(H,18,19). The number of urea groups is 1. The van der Waals surface area contributed by atoms with Crippen molar-refractivity contribution < 1.29 is 14.7 Å². The van der Waals surface area contributed by atoms with E-state index in [2.05, 4.69) is 5.32 Å². The fourth-order valence-corrected chi connectivity index (χ4v) is 3.05. The Balaban J connectivity index is 1.78. The quantitative estimate of drug-likeness (QED) is 0.870. The Hall–Kier alpha value is -2.04. The average Bonchev–Trinajstić information content (AvgIpc) is 3.06. The number of nitrogens with one attached hydrogen (secondary N) is 1. The topological polar surface area (TPSA) is 69.6 Å². The predicted molar refractivity (Wildman–Crippen MR) is 75.2 cm³/mol. The zero-order valence-corrected chi connectivity index (χ0v) is 11.3. The van der Waals surface area contributed by atoms with Gasteiger partial charge in [-0.25, -0.2) is 9.59 Å². The minimum atomic E-state index is -0.962. The first kappa shape index (κ1) is 13.0. The molecule has 1 aliphatic heterocycles. The summed E-state index contributed by atoms with van der Waals surface area (Å²) in [6.07, 6.45) is 5.21. The Bertz CT molecular complexity index is 550. The highest BCUT2D eigenvalue weighted by Crippen LogP contribution is 2.29. The van der Waals surface area contributed by atoms with Gasteiger partial charge < -0.3 is 10.4 Å². The molecule has 0 aromatic heterocycles. The first-order valence-electron chi connectivity index (χ1n) is 7.09. The van der Waals surface area contributed by atoms with Gasteiger partial charge in [0.1, 0.15) is 0 Å². The highest BCUT2D eigenvalue weighted by molar-refractivity contribution is 5.97. The van der Waals surface area contributed by atoms with Gasteiger partial charge in [-0.1, -0.05) is 18.9 Å². The van der Waals surface area contributed by atoms with Crippen LogP contribution >= 0.6 is 0 Å². The van der Waals surface area contributed by atoms with Crippen molar-refractivity contribution in [3.05, 3.63) is 29.3 Å². The molecule has 5 nitrogen and oxygen atoms in total. The molecule has 0 bridgehead atoms. The number of anilines is 1. The zero-order chi connectivity index (χ0) is 14.1. The van der Waals surface area contributed by atoms with Crippen molar-refractivity contribution in [3.63, 3.8) is 0 Å². The Kier molecular flexibility index (Phi) is 3.34. The van der Waals surface area contributed by atoms with Crippen LogP contribution in [0.2, 0.25) is 0 Å². The van der Waals surface area contributed by atoms with Crippen LogP contribution in [0.5, 0.6) is 0 Å². The number of carboxylic acids is 1. The zero-order valence-electron chi connectivity index (χ0n) is 11.3. The molecule has 106 valence electrons. The van der Waals surface area contributed by atoms with Gasteiger partial charge in [-0.15, -0.1) is 0 Å². The minimum Gasteiger partial charge on any atom is -0.478 e. The van der Waals surface area contributed by atoms with Crippen molar-refractivity contribution in [1.82, 2.24) is 5.32 Å². The second-order valence-electron chi connectivity index (χ2n) is 5.48. The first-order valence-corrected chi connectivity index (χ1v) is 7.09. The molecular weight excluding hydrogens is 256 g/mol. The van der Waals surface area contributed by atoms with E-state index in [-0.39, 0.29) is 17.6 Å². The second-order valence-corrected chi connectivity index (χ2v) is 5.48. The van der Waals surface area contributed by atoms with Gasteiger partial charge in [0, 0.05) is 18.3 Å². The van der Waals surface area contributed by atoms with Gasteiger partial charge in [0.2, 0.25) is 0 Å². The van der Waals surface area contributed by atoms with E-state index in [1.807, 2.05) is 6.07 Å². The van der Waals surface area contributed by atoms with Crippen molar-refractivity contribution >= 4 is 17.7 Å². The molecule has 5 heteroatoms. The SMILES string of the molecule is O=C(O)c1ccc2c(c1)N(C(=O)NC1CCCC1)CC2. The summed E-state index contributed by atoms with van der Waals surface area (Å²) in [5.74, 6) is -0.962. The van der Waals surface area contributed by atoms with E-state index in [1.165, 1.54) is 12.8 Å². The number of fused-ring (bicyclic) bond motifs is 1. The molecule has 1 saturated carbocycles. The smallest absolute Gasteiger partial charge is 0.335 e. The van der Waals surface area contributed by atoms with Gasteiger partial charge in [0.05, 0.1) is 5.56 Å². The summed E-state index contributed by atoms with van der Waals surface area (Å²) in [6.45, 7) is 0.622. The van der Waals surface area contributed by atoms with E-state index in [9.17, 15) is 9.59 Å². The lowest BCUT2D eigenvalue weighted by atomic mass is 10.1. The van der Waals surface area contributed by atoms with Gasteiger partial charge in [-0.2, -0.15) is 0 Å². The normalized spacial score (nSPS) is 18.1. The molecule has 0 spiro atoms. The van der Waals surface area contributed by atoms with Gasteiger partial charge in [0.25, 0.3) is 0 Å². The highest BCUT2D eigenvalue weighted by atomic mass is 16.4. The van der Waals surface area contributed by atoms with Crippen molar-refractivity contribution in [1.29, 1.82) is 0 Å². The van der Waals surface area contributed by atoms with E-state index < -0.39 is 5.97 Å². The minimum absolute atomic E-state index is 0.0989. The lowest BCUT2D eigenvalue weighted by Gasteiger charge is -2.21. The van der Waals surface area contributed by atoms with Gasteiger partial charge in [-0.3, -0.25) is 4.90 Å². The molecule has 0 radical (unpaired) electrons. The van der Waals surface area contributed by atoms with Gasteiger partial charge in [0.15, 0.2) is 0 Å². The summed E-state index contributed by atoms with van der Waals surface area (Å²) < 4.78 is 0. The summed E-state index contributed by atoms with van der Waals surface area (Å²) in [7, 11) is 0. The summed E-state index contributed by atoms with van der Waals surface area (Å²) in [6, 6.07) is 5.17. The van der Waals surface area contributed by atoms with E-state index in [1.54, 1.807) is 17.0 Å². The fourth-order valence-electron chi connectivity index (χ4n) is 3.05. The van der Waals surface area contributed by atoms with Crippen LogP contribution in [0.15, 0.2) is 18.2 Å². The maximum atomic E-state index is 12.3. The molecule has 20 heavy (non-hydrogen) atoms. The van der Waals surface area contributed by atoms with Crippen molar-refractivity contribution in [2.45, 2.75) is 38.1 Å². The van der Waals surface area contributed by atoms with Crippen LogP contribution in [0.3, 0.4) is 0 Å². The van der Waals surface area contributed by atoms with Crippen LogP contribution in [0, 0.1) is 0 Å². The molecule has 2 N–H and O–H groups in total. The van der Waals surface area contributed by atoms with Crippen LogP contribution in [0.4, 0.5) is 10.5 Å². The van der Waals surface area contributed by atoms with E-state index in [0.717, 1.165) is 30.5 Å². The number of hydrogen-bond donors (Lipinski definition) is 2. The number of carbonyl (C=O) groups excluding carboxylic acids is 1. The Morgan fingerprint density at radius 3 is 2.70 bits per heavy atom. The maximum absolute atomic E-state index is 12.3. The Morgan fingerprint density at radius 1 is 1.25 bits per heavy atom. The molecule has 1 aromatic carbocycles. The van der Waals surface area contributed by atoms with Crippen LogP contribution < -0.4 is 10.2 Å². The molecule has 3 rings (SSSR count). The summed E-state index contributed by atoms with van der Waals surface area (Å²) in [5, 5.41) is 12.1. The van der Waals surface area contributed by atoms with Crippen LogP contribution in [-0.2, 0) is 6.42 Å². The molecule has 0 saturated heterocycles. The summed E-state index contributed by atoms with van der Waals surface area (Å²) >= 11 is 0. The third-order valence-electron chi connectivity index (χ3n) is 4.16. The van der Waals surface area contributed by atoms with Crippen LogP contribution in [0.25, 0.3) is 0 Å². The molecule has 2 amide bonds. The van der Waals surface area contributed by atoms with Gasteiger partial charge >= 0.3 is 12.0 Å². The van der Waals surface area contributed by atoms with Crippen molar-refractivity contribution in [2.75, 3.05) is 11.4 Å². The number of carbonyl (C=O) groups is 2. The third kappa shape index (κ3) is 2.35. The number of nitrogens with zero attached hydrogens (tertiary/aromatic N) is 1. The molecule has 0 unspecified atom stereocenters. The number of aromatic carboxylic acids is 1. The van der Waals surface area contributed by atoms with E-state index >= 15 is 0 Å². The Morgan fingerprint density at radius 2 is 2.00 bits per heavy atom. The van der Waals surface area contributed by atoms with E-state index in [4.69, 9.17) is 5.11 Å². The van der Waals surface area contributed by atoms with Crippen molar-refractivity contribution in [2.24, 2.45) is 0 Å². The van der Waals surface area contributed by atoms with Crippen molar-refractivity contribution in [3.8, 4) is 0 Å². The third-order valence-corrected chi connectivity index (χ3v) is 4.16. The molecule has 1 fully saturated rings. The monoisotopic (exact) mass is 274 g/mol.